The molecule has 2 aromatic rings. The van der Waals surface area contributed by atoms with Crippen LogP contribution in [0.3, 0.4) is 0 Å². The summed E-state index contributed by atoms with van der Waals surface area (Å²) in [5.41, 5.74) is 5.40. The summed E-state index contributed by atoms with van der Waals surface area (Å²) in [6, 6.07) is 8.99. The third-order valence-corrected chi connectivity index (χ3v) is 6.61. The molecule has 1 aromatic carbocycles. The second-order valence-corrected chi connectivity index (χ2v) is 8.80. The molecule has 0 radical (unpaired) electrons. The number of hydrogen-bond acceptors (Lipinski definition) is 5. The van der Waals surface area contributed by atoms with Gasteiger partial charge in [-0.1, -0.05) is 12.1 Å². The van der Waals surface area contributed by atoms with Gasteiger partial charge >= 0.3 is 0 Å². The molecule has 0 bridgehead atoms. The number of benzene rings is 1. The smallest absolute Gasteiger partial charge is 0.255 e. The lowest BCUT2D eigenvalue weighted by Gasteiger charge is -2.30. The number of aromatic amines is 1. The average molecular weight is 406 g/mol. The van der Waals surface area contributed by atoms with Crippen LogP contribution in [0.1, 0.15) is 61.2 Å². The second kappa shape index (κ2) is 8.72. The summed E-state index contributed by atoms with van der Waals surface area (Å²) in [6.45, 7) is 5.66. The highest BCUT2D eigenvalue weighted by Gasteiger charge is 2.23. The zero-order valence-corrected chi connectivity index (χ0v) is 17.7. The maximum absolute atomic E-state index is 12.8. The monoisotopic (exact) mass is 405 g/mol. The highest BCUT2D eigenvalue weighted by molar-refractivity contribution is 5.97. The van der Waals surface area contributed by atoms with E-state index in [4.69, 9.17) is 4.98 Å². The fourth-order valence-electron chi connectivity index (χ4n) is 4.87. The Morgan fingerprint density at radius 3 is 2.53 bits per heavy atom. The Bertz CT molecular complexity index is 972. The van der Waals surface area contributed by atoms with E-state index in [9.17, 15) is 4.79 Å². The summed E-state index contributed by atoms with van der Waals surface area (Å²) < 4.78 is 0. The summed E-state index contributed by atoms with van der Waals surface area (Å²) >= 11 is 0. The molecule has 0 unspecified atom stereocenters. The summed E-state index contributed by atoms with van der Waals surface area (Å²) in [4.78, 5) is 30.0. The van der Waals surface area contributed by atoms with Crippen molar-refractivity contribution in [1.29, 1.82) is 0 Å². The third-order valence-electron chi connectivity index (χ3n) is 6.61. The van der Waals surface area contributed by atoms with Crippen LogP contribution >= 0.6 is 0 Å². The first-order valence-electron chi connectivity index (χ1n) is 11.5. The van der Waals surface area contributed by atoms with Crippen molar-refractivity contribution in [2.75, 3.05) is 31.1 Å². The molecule has 3 aliphatic rings. The van der Waals surface area contributed by atoms with Gasteiger partial charge in [-0.15, -0.1) is 0 Å². The first-order chi connectivity index (χ1) is 14.8. The molecule has 158 valence electrons. The molecule has 1 aromatic heterocycles. The van der Waals surface area contributed by atoms with E-state index >= 15 is 0 Å². The van der Waals surface area contributed by atoms with E-state index in [1.54, 1.807) is 0 Å². The zero-order chi connectivity index (χ0) is 20.3. The van der Waals surface area contributed by atoms with Crippen molar-refractivity contribution in [2.45, 2.75) is 58.0 Å². The molecule has 5 rings (SSSR count). The Balaban J connectivity index is 1.26. The standard InChI is InChI=1S/C24H31N5O/c30-24-20-17-28(15-11-21(20)26-23(27-24)22-6-2-3-12-25-22)16-18-7-9-19(10-8-18)29-13-4-1-5-14-29/h7-10H,1-6,11-17H2,(H,26,27,30). The number of aromatic nitrogens is 2. The van der Waals surface area contributed by atoms with Gasteiger partial charge in [0.25, 0.3) is 5.56 Å². The van der Waals surface area contributed by atoms with Crippen molar-refractivity contribution >= 4 is 11.4 Å². The van der Waals surface area contributed by atoms with Crippen molar-refractivity contribution in [2.24, 2.45) is 4.99 Å². The van der Waals surface area contributed by atoms with Crippen LogP contribution in [0.25, 0.3) is 0 Å². The van der Waals surface area contributed by atoms with E-state index in [1.165, 1.54) is 43.6 Å². The van der Waals surface area contributed by atoms with Gasteiger partial charge in [0.15, 0.2) is 5.82 Å². The van der Waals surface area contributed by atoms with Gasteiger partial charge in [0, 0.05) is 51.4 Å². The Hall–Kier alpha value is -2.47. The van der Waals surface area contributed by atoms with Gasteiger partial charge in [-0.25, -0.2) is 4.98 Å². The van der Waals surface area contributed by atoms with Crippen molar-refractivity contribution in [3.8, 4) is 0 Å². The van der Waals surface area contributed by atoms with Crippen LogP contribution in [-0.2, 0) is 19.5 Å². The SMILES string of the molecule is O=c1[nH]c(C2=NCCCC2)nc2c1CN(Cc1ccc(N3CCCCC3)cc1)CC2. The fraction of sp³-hybridized carbons (Fsp3) is 0.542. The second-order valence-electron chi connectivity index (χ2n) is 8.80. The minimum Gasteiger partial charge on any atom is -0.372 e. The summed E-state index contributed by atoms with van der Waals surface area (Å²) in [5, 5.41) is 0. The topological polar surface area (TPSA) is 64.6 Å². The largest absolute Gasteiger partial charge is 0.372 e. The van der Waals surface area contributed by atoms with E-state index in [0.717, 1.165) is 62.3 Å². The van der Waals surface area contributed by atoms with E-state index in [0.29, 0.717) is 12.4 Å². The van der Waals surface area contributed by atoms with Gasteiger partial charge in [0.1, 0.15) is 0 Å². The number of hydrogen-bond donors (Lipinski definition) is 1. The first-order valence-corrected chi connectivity index (χ1v) is 11.5. The van der Waals surface area contributed by atoms with Gasteiger partial charge in [-0.2, -0.15) is 0 Å². The number of rotatable bonds is 4. The molecule has 6 nitrogen and oxygen atoms in total. The van der Waals surface area contributed by atoms with Gasteiger partial charge in [0.05, 0.1) is 17.0 Å². The Kier molecular flexibility index (Phi) is 5.67. The van der Waals surface area contributed by atoms with Gasteiger partial charge < -0.3 is 9.88 Å². The Labute approximate surface area is 178 Å². The molecule has 0 aliphatic carbocycles. The van der Waals surface area contributed by atoms with Crippen molar-refractivity contribution in [3.05, 3.63) is 57.3 Å². The van der Waals surface area contributed by atoms with Crippen molar-refractivity contribution in [3.63, 3.8) is 0 Å². The molecule has 30 heavy (non-hydrogen) atoms. The highest BCUT2D eigenvalue weighted by Crippen LogP contribution is 2.22. The number of fused-ring (bicyclic) bond motifs is 1. The number of piperidine rings is 1. The third kappa shape index (κ3) is 4.19. The summed E-state index contributed by atoms with van der Waals surface area (Å²) in [6.07, 6.45) is 7.96. The van der Waals surface area contributed by atoms with Crippen LogP contribution in [0.5, 0.6) is 0 Å². The summed E-state index contributed by atoms with van der Waals surface area (Å²) in [5.74, 6) is 0.695. The van der Waals surface area contributed by atoms with Crippen LogP contribution < -0.4 is 10.5 Å². The predicted octanol–water partition coefficient (Wildman–Crippen LogP) is 3.29. The molecular weight excluding hydrogens is 374 g/mol. The predicted molar refractivity (Wildman–Crippen MR) is 120 cm³/mol. The van der Waals surface area contributed by atoms with Crippen LogP contribution in [0.2, 0.25) is 0 Å². The van der Waals surface area contributed by atoms with E-state index < -0.39 is 0 Å². The zero-order valence-electron chi connectivity index (χ0n) is 17.7. The molecule has 0 spiro atoms. The lowest BCUT2D eigenvalue weighted by Crippen LogP contribution is -2.36. The molecule has 1 N–H and O–H groups in total. The van der Waals surface area contributed by atoms with Crippen LogP contribution in [0, 0.1) is 0 Å². The lowest BCUT2D eigenvalue weighted by molar-refractivity contribution is 0.241. The highest BCUT2D eigenvalue weighted by atomic mass is 16.1. The van der Waals surface area contributed by atoms with Crippen LogP contribution in [0.15, 0.2) is 34.1 Å². The van der Waals surface area contributed by atoms with Gasteiger partial charge in [-0.05, 0) is 56.2 Å². The number of anilines is 1. The number of H-pyrrole nitrogens is 1. The Morgan fingerprint density at radius 1 is 0.933 bits per heavy atom. The molecule has 4 heterocycles. The molecule has 6 heteroatoms. The summed E-state index contributed by atoms with van der Waals surface area (Å²) in [7, 11) is 0. The number of nitrogens with zero attached hydrogens (tertiary/aromatic N) is 4. The minimum atomic E-state index is 0.00780. The molecule has 0 saturated carbocycles. The maximum Gasteiger partial charge on any atom is 0.255 e. The quantitative estimate of drug-likeness (QED) is 0.848. The normalized spacial score (nSPS) is 20.0. The molecule has 3 aliphatic heterocycles. The molecular formula is C24H31N5O. The van der Waals surface area contributed by atoms with Gasteiger partial charge in [0.2, 0.25) is 0 Å². The number of aliphatic imine (C=N–C) groups is 1. The molecule has 1 saturated heterocycles. The van der Waals surface area contributed by atoms with E-state index in [1.807, 2.05) is 0 Å². The molecule has 1 fully saturated rings. The van der Waals surface area contributed by atoms with Crippen LogP contribution in [-0.4, -0.2) is 46.8 Å². The maximum atomic E-state index is 12.8. The molecule has 0 atom stereocenters. The lowest BCUT2D eigenvalue weighted by atomic mass is 10.0. The van der Waals surface area contributed by atoms with Gasteiger partial charge in [-0.3, -0.25) is 14.7 Å². The van der Waals surface area contributed by atoms with E-state index in [2.05, 4.69) is 44.0 Å². The fourth-order valence-corrected chi connectivity index (χ4v) is 4.87. The molecule has 0 amide bonds. The van der Waals surface area contributed by atoms with Crippen LogP contribution in [0.4, 0.5) is 5.69 Å². The Morgan fingerprint density at radius 2 is 1.77 bits per heavy atom. The van der Waals surface area contributed by atoms with Crippen molar-refractivity contribution in [1.82, 2.24) is 14.9 Å². The minimum absolute atomic E-state index is 0.00780. The van der Waals surface area contributed by atoms with Crippen molar-refractivity contribution < 1.29 is 0 Å². The first kappa shape index (κ1) is 19.5. The number of nitrogens with one attached hydrogen (secondary N) is 1. The average Bonchev–Trinajstić information content (AvgIpc) is 2.81. The van der Waals surface area contributed by atoms with E-state index in [-0.39, 0.29) is 5.56 Å².